The molecule has 8 heteroatoms. The molecular formula is C18H30Cl2N4O2. The highest BCUT2D eigenvalue weighted by atomic mass is 35.5. The minimum atomic E-state index is -0.339. The number of hydrogen-bond acceptors (Lipinski definition) is 4. The number of nitrogens with two attached hydrogens (primary N) is 1. The van der Waals surface area contributed by atoms with E-state index in [1.807, 2.05) is 13.8 Å². The summed E-state index contributed by atoms with van der Waals surface area (Å²) < 4.78 is 0. The molecule has 6 nitrogen and oxygen atoms in total. The van der Waals surface area contributed by atoms with Crippen molar-refractivity contribution in [2.24, 2.45) is 11.7 Å². The van der Waals surface area contributed by atoms with Crippen molar-refractivity contribution in [1.82, 2.24) is 15.2 Å². The molecule has 3 N–H and O–H groups in total. The summed E-state index contributed by atoms with van der Waals surface area (Å²) in [5.41, 5.74) is 6.15. The van der Waals surface area contributed by atoms with Crippen LogP contribution in [0.4, 0.5) is 0 Å². The van der Waals surface area contributed by atoms with E-state index < -0.39 is 0 Å². The van der Waals surface area contributed by atoms with Crippen molar-refractivity contribution in [3.05, 3.63) is 30.1 Å². The van der Waals surface area contributed by atoms with Crippen LogP contribution >= 0.6 is 24.8 Å². The van der Waals surface area contributed by atoms with Gasteiger partial charge in [-0.15, -0.1) is 24.8 Å². The molecule has 0 saturated carbocycles. The molecule has 1 aromatic heterocycles. The molecular weight excluding hydrogens is 375 g/mol. The molecule has 0 aliphatic carbocycles. The Morgan fingerprint density at radius 2 is 1.88 bits per heavy atom. The first kappa shape index (κ1) is 24.6. The highest BCUT2D eigenvalue weighted by Crippen LogP contribution is 2.21. The van der Waals surface area contributed by atoms with Crippen LogP contribution in [0.2, 0.25) is 0 Å². The zero-order valence-corrected chi connectivity index (χ0v) is 17.1. The van der Waals surface area contributed by atoms with Crippen LogP contribution < -0.4 is 11.1 Å². The molecule has 0 spiro atoms. The van der Waals surface area contributed by atoms with E-state index in [9.17, 15) is 9.59 Å². The Morgan fingerprint density at radius 3 is 2.42 bits per heavy atom. The van der Waals surface area contributed by atoms with Crippen LogP contribution in [-0.2, 0) is 4.79 Å². The van der Waals surface area contributed by atoms with E-state index in [-0.39, 0.29) is 48.1 Å². The lowest BCUT2D eigenvalue weighted by Crippen LogP contribution is -2.56. The van der Waals surface area contributed by atoms with Crippen molar-refractivity contribution in [3.8, 4) is 0 Å². The van der Waals surface area contributed by atoms with Crippen molar-refractivity contribution < 1.29 is 9.59 Å². The van der Waals surface area contributed by atoms with Crippen molar-refractivity contribution >= 4 is 36.6 Å². The second-order valence-electron chi connectivity index (χ2n) is 6.51. The van der Waals surface area contributed by atoms with Crippen LogP contribution in [0, 0.1) is 5.92 Å². The second kappa shape index (κ2) is 11.4. The summed E-state index contributed by atoms with van der Waals surface area (Å²) in [5.74, 6) is -0.198. The van der Waals surface area contributed by atoms with Crippen LogP contribution in [0.25, 0.3) is 0 Å². The zero-order valence-electron chi connectivity index (χ0n) is 15.4. The van der Waals surface area contributed by atoms with E-state index in [2.05, 4.69) is 10.3 Å². The number of hydrogen-bond donors (Lipinski definition) is 2. The smallest absolute Gasteiger partial charge is 0.253 e. The predicted molar refractivity (Wildman–Crippen MR) is 108 cm³/mol. The third-order valence-electron chi connectivity index (χ3n) is 5.14. The Morgan fingerprint density at radius 1 is 1.27 bits per heavy atom. The van der Waals surface area contributed by atoms with Crippen LogP contribution in [0.1, 0.15) is 49.9 Å². The molecule has 2 amide bonds. The molecule has 1 fully saturated rings. The quantitative estimate of drug-likeness (QED) is 0.761. The van der Waals surface area contributed by atoms with Gasteiger partial charge in [0.25, 0.3) is 5.91 Å². The monoisotopic (exact) mass is 404 g/mol. The van der Waals surface area contributed by atoms with Crippen molar-refractivity contribution in [1.29, 1.82) is 0 Å². The average molecular weight is 405 g/mol. The maximum atomic E-state index is 12.7. The third-order valence-corrected chi connectivity index (χ3v) is 5.14. The van der Waals surface area contributed by atoms with Gasteiger partial charge < -0.3 is 16.0 Å². The van der Waals surface area contributed by atoms with Crippen LogP contribution in [0.3, 0.4) is 0 Å². The fourth-order valence-corrected chi connectivity index (χ4v) is 3.18. The number of nitrogens with zero attached hydrogens (tertiary/aromatic N) is 2. The van der Waals surface area contributed by atoms with Gasteiger partial charge in [0.15, 0.2) is 0 Å². The van der Waals surface area contributed by atoms with Crippen molar-refractivity contribution in [2.75, 3.05) is 19.6 Å². The van der Waals surface area contributed by atoms with Crippen LogP contribution in [0.5, 0.6) is 0 Å². The van der Waals surface area contributed by atoms with Crippen molar-refractivity contribution in [3.63, 3.8) is 0 Å². The van der Waals surface area contributed by atoms with E-state index >= 15 is 0 Å². The normalized spacial score (nSPS) is 16.9. The molecule has 1 aliphatic rings. The highest BCUT2D eigenvalue weighted by molar-refractivity contribution is 5.94. The fraction of sp³-hybridized carbons (Fsp3) is 0.611. The lowest BCUT2D eigenvalue weighted by atomic mass is 9.90. The fourth-order valence-electron chi connectivity index (χ4n) is 3.18. The summed E-state index contributed by atoms with van der Waals surface area (Å²) in [5, 5.41) is 3.14. The topological polar surface area (TPSA) is 88.3 Å². The SMILES string of the molecule is CCC(CC)(CN)NC(=O)C1CCCN(C(=O)c2ccncc2)C1.Cl.Cl. The minimum absolute atomic E-state index is 0. The van der Waals surface area contributed by atoms with E-state index in [4.69, 9.17) is 5.73 Å². The molecule has 1 unspecified atom stereocenters. The van der Waals surface area contributed by atoms with Gasteiger partial charge in [-0.1, -0.05) is 13.8 Å². The first-order chi connectivity index (χ1) is 11.5. The Kier molecular flexibility index (Phi) is 10.8. The highest BCUT2D eigenvalue weighted by Gasteiger charge is 2.33. The van der Waals surface area contributed by atoms with E-state index in [1.165, 1.54) is 0 Å². The number of amides is 2. The predicted octanol–water partition coefficient (Wildman–Crippen LogP) is 2.41. The largest absolute Gasteiger partial charge is 0.349 e. The number of piperidine rings is 1. The van der Waals surface area contributed by atoms with Crippen LogP contribution in [-0.4, -0.2) is 46.9 Å². The Hall–Kier alpha value is -1.37. The number of carbonyl (C=O) groups is 2. The number of pyridine rings is 1. The Bertz CT molecular complexity index is 559. The van der Waals surface area contributed by atoms with Gasteiger partial charge >= 0.3 is 0 Å². The van der Waals surface area contributed by atoms with Gasteiger partial charge in [-0.2, -0.15) is 0 Å². The van der Waals surface area contributed by atoms with Gasteiger partial charge in [-0.25, -0.2) is 0 Å². The zero-order chi connectivity index (χ0) is 17.6. The van der Waals surface area contributed by atoms with E-state index in [1.54, 1.807) is 29.4 Å². The van der Waals surface area contributed by atoms with Gasteiger partial charge in [0.05, 0.1) is 11.5 Å². The standard InChI is InChI=1S/C18H28N4O2.2ClH/c1-3-18(4-2,13-19)21-16(23)15-6-5-11-22(12-15)17(24)14-7-9-20-10-8-14;;/h7-10,15H,3-6,11-13,19H2,1-2H3,(H,21,23);2*1H. The van der Waals surface area contributed by atoms with Gasteiger partial charge in [0.2, 0.25) is 5.91 Å². The van der Waals surface area contributed by atoms with Crippen LogP contribution in [0.15, 0.2) is 24.5 Å². The number of halogens is 2. The minimum Gasteiger partial charge on any atom is -0.349 e. The molecule has 2 heterocycles. The summed E-state index contributed by atoms with van der Waals surface area (Å²) in [7, 11) is 0. The van der Waals surface area contributed by atoms with E-state index in [0.717, 1.165) is 25.7 Å². The number of aromatic nitrogens is 1. The lowest BCUT2D eigenvalue weighted by molar-refractivity contribution is -0.128. The maximum Gasteiger partial charge on any atom is 0.253 e. The first-order valence-electron chi connectivity index (χ1n) is 8.76. The molecule has 0 bridgehead atoms. The summed E-state index contributed by atoms with van der Waals surface area (Å²) >= 11 is 0. The molecule has 1 aliphatic heterocycles. The Labute approximate surface area is 168 Å². The molecule has 26 heavy (non-hydrogen) atoms. The van der Waals surface area contributed by atoms with Gasteiger partial charge in [-0.3, -0.25) is 14.6 Å². The van der Waals surface area contributed by atoms with Crippen molar-refractivity contribution in [2.45, 2.75) is 45.1 Å². The number of nitrogens with one attached hydrogen (secondary N) is 1. The number of carbonyl (C=O) groups excluding carboxylic acids is 2. The molecule has 1 aromatic rings. The molecule has 0 aromatic carbocycles. The molecule has 0 radical (unpaired) electrons. The summed E-state index contributed by atoms with van der Waals surface area (Å²) in [6.45, 7) is 5.65. The average Bonchev–Trinajstić information content (AvgIpc) is 2.66. The number of rotatable bonds is 6. The third kappa shape index (κ3) is 5.83. The first-order valence-corrected chi connectivity index (χ1v) is 8.76. The molecule has 148 valence electrons. The van der Waals surface area contributed by atoms with Gasteiger partial charge in [0, 0.05) is 37.6 Å². The summed E-state index contributed by atoms with van der Waals surface area (Å²) in [6, 6.07) is 3.42. The molecule has 1 atom stereocenters. The molecule has 1 saturated heterocycles. The molecule has 2 rings (SSSR count). The van der Waals surface area contributed by atoms with E-state index in [0.29, 0.717) is 25.2 Å². The van der Waals surface area contributed by atoms with Gasteiger partial charge in [-0.05, 0) is 37.8 Å². The number of likely N-dealkylation sites (tertiary alicyclic amines) is 1. The lowest BCUT2D eigenvalue weighted by Gasteiger charge is -2.36. The second-order valence-corrected chi connectivity index (χ2v) is 6.51. The summed E-state index contributed by atoms with van der Waals surface area (Å²) in [6.07, 6.45) is 6.47. The maximum absolute atomic E-state index is 12.7. The Balaban J connectivity index is 0.00000312. The van der Waals surface area contributed by atoms with Gasteiger partial charge in [0.1, 0.15) is 0 Å². The summed E-state index contributed by atoms with van der Waals surface area (Å²) in [4.78, 5) is 31.0.